The van der Waals surface area contributed by atoms with Gasteiger partial charge in [-0.2, -0.15) is 0 Å². The zero-order chi connectivity index (χ0) is 42.2. The Bertz CT molecular complexity index is 3420. The fourth-order valence-corrected chi connectivity index (χ4v) is 11.7. The number of benzene rings is 9. The number of aromatic nitrogens is 1. The maximum absolute atomic E-state index is 2.46. The molecule has 3 aliphatic carbocycles. The van der Waals surface area contributed by atoms with Gasteiger partial charge >= 0.3 is 0 Å². The van der Waals surface area contributed by atoms with Crippen LogP contribution in [0.4, 0.5) is 17.1 Å². The lowest BCUT2D eigenvalue weighted by Crippen LogP contribution is -2.18. The van der Waals surface area contributed by atoms with Crippen molar-refractivity contribution >= 4 is 38.9 Å². The van der Waals surface area contributed by atoms with E-state index in [4.69, 9.17) is 0 Å². The van der Waals surface area contributed by atoms with E-state index in [0.717, 1.165) is 12.1 Å². The van der Waals surface area contributed by atoms with Gasteiger partial charge in [0, 0.05) is 44.4 Å². The largest absolute Gasteiger partial charge is 0.310 e. The lowest BCUT2D eigenvalue weighted by molar-refractivity contribution is 0.660. The van der Waals surface area contributed by atoms with Crippen LogP contribution in [-0.2, 0) is 17.3 Å². The zero-order valence-electron chi connectivity index (χ0n) is 36.1. The monoisotopic (exact) mass is 806 g/mol. The molecule has 2 heteroatoms. The van der Waals surface area contributed by atoms with E-state index < -0.39 is 0 Å². The lowest BCUT2D eigenvalue weighted by atomic mass is 9.82. The molecule has 0 saturated carbocycles. The van der Waals surface area contributed by atoms with E-state index in [1.807, 2.05) is 0 Å². The summed E-state index contributed by atoms with van der Waals surface area (Å²) in [5.41, 5.74) is 25.7. The minimum absolute atomic E-state index is 0.101. The molecule has 0 aliphatic heterocycles. The minimum Gasteiger partial charge on any atom is -0.310 e. The average molecular weight is 807 g/mol. The number of rotatable bonds is 5. The summed E-state index contributed by atoms with van der Waals surface area (Å²) in [7, 11) is 0. The van der Waals surface area contributed by atoms with Gasteiger partial charge in [0.2, 0.25) is 0 Å². The van der Waals surface area contributed by atoms with Crippen molar-refractivity contribution in [2.75, 3.05) is 4.90 Å². The Morgan fingerprint density at radius 3 is 1.44 bits per heavy atom. The van der Waals surface area contributed by atoms with Crippen molar-refractivity contribution in [3.8, 4) is 50.2 Å². The molecule has 0 spiro atoms. The van der Waals surface area contributed by atoms with Gasteiger partial charge in [0.15, 0.2) is 0 Å². The zero-order valence-corrected chi connectivity index (χ0v) is 36.1. The Morgan fingerprint density at radius 2 is 0.825 bits per heavy atom. The number of hydrogen-bond donors (Lipinski definition) is 0. The SMILES string of the molecule is CC1(C)c2ccccc2-c2ccc(N(c3ccc(-c4ccc(-n5c6cccc7c6c6c(cccc65)-c5ccccc5C7)cc4)cc3)c3ccc4c(c3)C(C)(C)c3ccccc3-4)cc21. The average Bonchev–Trinajstić information content (AvgIpc) is 3.82. The van der Waals surface area contributed by atoms with E-state index in [2.05, 4.69) is 231 Å². The van der Waals surface area contributed by atoms with Crippen LogP contribution in [0, 0.1) is 0 Å². The third-order valence-electron chi connectivity index (χ3n) is 14.8. The molecule has 0 amide bonds. The second-order valence-corrected chi connectivity index (χ2v) is 18.9. The molecule has 0 bridgehead atoms. The number of anilines is 3. The van der Waals surface area contributed by atoms with Crippen molar-refractivity contribution in [2.45, 2.75) is 44.9 Å². The summed E-state index contributed by atoms with van der Waals surface area (Å²) in [5.74, 6) is 0. The van der Waals surface area contributed by atoms with E-state index in [-0.39, 0.29) is 10.8 Å². The number of fused-ring (bicyclic) bond motifs is 8. The molecule has 300 valence electrons. The standard InChI is InChI=1S/C61H46N2/c1-60(2)52-19-9-7-16-47(52)49-33-31-44(36-54(49)60)62(45-32-34-50-48-17-8-10-20-53(48)61(3,4)55(50)37-45)42-27-23-38(24-28-42)39-25-29-43(30-26-39)63-56-21-11-14-41-35-40-13-5-6-15-46(40)51-18-12-22-57(63)59(51)58(41)56/h5-34,36-37H,35H2,1-4H3. The van der Waals surface area contributed by atoms with Crippen molar-refractivity contribution < 1.29 is 0 Å². The van der Waals surface area contributed by atoms with Crippen molar-refractivity contribution in [1.82, 2.24) is 4.57 Å². The first kappa shape index (κ1) is 36.3. The topological polar surface area (TPSA) is 8.17 Å². The molecule has 0 unspecified atom stereocenters. The van der Waals surface area contributed by atoms with Gasteiger partial charge in [0.25, 0.3) is 0 Å². The maximum atomic E-state index is 2.46. The van der Waals surface area contributed by atoms with Crippen molar-refractivity contribution in [3.05, 3.63) is 228 Å². The molecule has 0 fully saturated rings. The van der Waals surface area contributed by atoms with E-state index in [1.54, 1.807) is 0 Å². The Morgan fingerprint density at radius 1 is 0.365 bits per heavy atom. The van der Waals surface area contributed by atoms with Crippen LogP contribution < -0.4 is 4.90 Å². The molecular weight excluding hydrogens is 761 g/mol. The molecule has 1 heterocycles. The quantitative estimate of drug-likeness (QED) is 0.168. The van der Waals surface area contributed by atoms with Crippen molar-refractivity contribution in [2.24, 2.45) is 0 Å². The molecule has 13 rings (SSSR count). The van der Waals surface area contributed by atoms with Gasteiger partial charge in [0.1, 0.15) is 0 Å². The highest BCUT2D eigenvalue weighted by molar-refractivity contribution is 6.18. The summed E-state index contributed by atoms with van der Waals surface area (Å²) in [6, 6.07) is 72.9. The third kappa shape index (κ3) is 5.13. The van der Waals surface area contributed by atoms with E-state index in [1.165, 1.54) is 117 Å². The Labute approximate surface area is 369 Å². The van der Waals surface area contributed by atoms with Gasteiger partial charge in [-0.1, -0.05) is 161 Å². The molecule has 2 nitrogen and oxygen atoms in total. The summed E-state index contributed by atoms with van der Waals surface area (Å²) in [4.78, 5) is 2.46. The van der Waals surface area contributed by atoms with Gasteiger partial charge in [-0.25, -0.2) is 0 Å². The Hall–Kier alpha value is -7.42. The Kier molecular flexibility index (Phi) is 7.51. The summed E-state index contributed by atoms with van der Waals surface area (Å²) in [5, 5.41) is 2.72. The molecule has 3 aliphatic rings. The number of nitrogens with zero attached hydrogens (tertiary/aromatic N) is 2. The molecule has 1 aromatic heterocycles. The molecular formula is C61H46N2. The predicted octanol–water partition coefficient (Wildman–Crippen LogP) is 16.1. The summed E-state index contributed by atoms with van der Waals surface area (Å²) >= 11 is 0. The summed E-state index contributed by atoms with van der Waals surface area (Å²) in [6.45, 7) is 9.47. The smallest absolute Gasteiger partial charge is 0.0547 e. The highest BCUT2D eigenvalue weighted by Gasteiger charge is 2.38. The van der Waals surface area contributed by atoms with Crippen LogP contribution in [0.15, 0.2) is 194 Å². The number of hydrogen-bond acceptors (Lipinski definition) is 1. The maximum Gasteiger partial charge on any atom is 0.0547 e. The van der Waals surface area contributed by atoms with Crippen LogP contribution in [0.25, 0.3) is 72.0 Å². The molecule has 63 heavy (non-hydrogen) atoms. The fourth-order valence-electron chi connectivity index (χ4n) is 11.7. The lowest BCUT2D eigenvalue weighted by Gasteiger charge is -2.30. The molecule has 10 aromatic rings. The van der Waals surface area contributed by atoms with Gasteiger partial charge in [-0.3, -0.25) is 0 Å². The second-order valence-electron chi connectivity index (χ2n) is 18.9. The summed E-state index contributed by atoms with van der Waals surface area (Å²) in [6.07, 6.45) is 0.936. The highest BCUT2D eigenvalue weighted by atomic mass is 15.1. The first-order chi connectivity index (χ1) is 30.8. The van der Waals surface area contributed by atoms with Gasteiger partial charge < -0.3 is 9.47 Å². The predicted molar refractivity (Wildman–Crippen MR) is 264 cm³/mol. The van der Waals surface area contributed by atoms with E-state index in [0.29, 0.717) is 0 Å². The van der Waals surface area contributed by atoms with Crippen LogP contribution in [0.3, 0.4) is 0 Å². The first-order valence-corrected chi connectivity index (χ1v) is 22.4. The molecule has 0 N–H and O–H groups in total. The minimum atomic E-state index is -0.101. The first-order valence-electron chi connectivity index (χ1n) is 22.4. The second kappa shape index (κ2) is 13.0. The van der Waals surface area contributed by atoms with Gasteiger partial charge in [-0.05, 0) is 145 Å². The third-order valence-corrected chi connectivity index (χ3v) is 14.8. The Balaban J connectivity index is 0.900. The summed E-state index contributed by atoms with van der Waals surface area (Å²) < 4.78 is 2.46. The van der Waals surface area contributed by atoms with Crippen LogP contribution in [0.2, 0.25) is 0 Å². The molecule has 9 aromatic carbocycles. The van der Waals surface area contributed by atoms with Crippen LogP contribution in [-0.4, -0.2) is 4.57 Å². The van der Waals surface area contributed by atoms with E-state index in [9.17, 15) is 0 Å². The highest BCUT2D eigenvalue weighted by Crippen LogP contribution is 2.53. The van der Waals surface area contributed by atoms with Crippen LogP contribution in [0.1, 0.15) is 61.1 Å². The van der Waals surface area contributed by atoms with Crippen molar-refractivity contribution in [3.63, 3.8) is 0 Å². The molecule has 0 atom stereocenters. The fraction of sp³-hybridized carbons (Fsp3) is 0.115. The van der Waals surface area contributed by atoms with Gasteiger partial charge in [-0.15, -0.1) is 0 Å². The molecule has 0 radical (unpaired) electrons. The van der Waals surface area contributed by atoms with Crippen molar-refractivity contribution in [1.29, 1.82) is 0 Å². The van der Waals surface area contributed by atoms with Gasteiger partial charge in [0.05, 0.1) is 11.0 Å². The van der Waals surface area contributed by atoms with Crippen LogP contribution in [0.5, 0.6) is 0 Å². The normalized spacial score (nSPS) is 14.5. The van der Waals surface area contributed by atoms with E-state index >= 15 is 0 Å². The van der Waals surface area contributed by atoms with Crippen LogP contribution >= 0.6 is 0 Å². The molecule has 0 saturated heterocycles.